The summed E-state index contributed by atoms with van der Waals surface area (Å²) in [5.74, 6) is 0.375. The first-order valence-corrected chi connectivity index (χ1v) is 8.36. The van der Waals surface area contributed by atoms with E-state index in [0.29, 0.717) is 18.8 Å². The third kappa shape index (κ3) is 2.29. The summed E-state index contributed by atoms with van der Waals surface area (Å²) in [7, 11) is 0. The van der Waals surface area contributed by atoms with Crippen molar-refractivity contribution in [2.24, 2.45) is 11.0 Å². The molecule has 124 valence electrons. The number of hydrogen-bond donors (Lipinski definition) is 2. The summed E-state index contributed by atoms with van der Waals surface area (Å²) in [5.41, 5.74) is 1.10. The van der Waals surface area contributed by atoms with Crippen LogP contribution in [0.15, 0.2) is 35.6 Å². The van der Waals surface area contributed by atoms with Crippen LogP contribution in [0.2, 0.25) is 0 Å². The van der Waals surface area contributed by atoms with Crippen LogP contribution in [-0.4, -0.2) is 33.7 Å². The van der Waals surface area contributed by atoms with Crippen molar-refractivity contribution in [2.45, 2.75) is 38.1 Å². The number of H-pyrrole nitrogens is 1. The SMILES string of the molecule is CC1CCC2(CC1)NC(=O)N(/N=C/c1c[nH]c3ccccc13)C2=O. The van der Waals surface area contributed by atoms with Crippen molar-refractivity contribution in [1.82, 2.24) is 15.3 Å². The molecule has 6 heteroatoms. The number of imide groups is 1. The second-order valence-corrected chi connectivity index (χ2v) is 6.85. The number of nitrogens with one attached hydrogen (secondary N) is 2. The first-order chi connectivity index (χ1) is 11.6. The monoisotopic (exact) mass is 324 g/mol. The Balaban J connectivity index is 1.58. The summed E-state index contributed by atoms with van der Waals surface area (Å²) in [4.78, 5) is 28.1. The second-order valence-electron chi connectivity index (χ2n) is 6.85. The number of urea groups is 1. The fourth-order valence-corrected chi connectivity index (χ4v) is 3.63. The van der Waals surface area contributed by atoms with Gasteiger partial charge in [-0.1, -0.05) is 25.1 Å². The Hall–Kier alpha value is -2.63. The molecule has 1 aromatic carbocycles. The van der Waals surface area contributed by atoms with Gasteiger partial charge in [0.05, 0.1) is 6.21 Å². The molecule has 1 aliphatic carbocycles. The van der Waals surface area contributed by atoms with Gasteiger partial charge in [-0.25, -0.2) is 4.79 Å². The molecule has 1 saturated heterocycles. The molecule has 0 unspecified atom stereocenters. The third-order valence-electron chi connectivity index (χ3n) is 5.20. The Kier molecular flexibility index (Phi) is 3.40. The lowest BCUT2D eigenvalue weighted by Crippen LogP contribution is -2.49. The minimum atomic E-state index is -0.749. The lowest BCUT2D eigenvalue weighted by atomic mass is 9.77. The fraction of sp³-hybridized carbons (Fsp3) is 0.389. The zero-order chi connectivity index (χ0) is 16.7. The topological polar surface area (TPSA) is 77.6 Å². The zero-order valence-electron chi connectivity index (χ0n) is 13.6. The highest BCUT2D eigenvalue weighted by Gasteiger charge is 2.52. The molecule has 0 radical (unpaired) electrons. The van der Waals surface area contributed by atoms with Crippen molar-refractivity contribution in [2.75, 3.05) is 0 Å². The van der Waals surface area contributed by atoms with E-state index < -0.39 is 11.6 Å². The Labute approximate surface area is 139 Å². The molecular weight excluding hydrogens is 304 g/mol. The van der Waals surface area contributed by atoms with Gasteiger partial charge in [0.15, 0.2) is 0 Å². The summed E-state index contributed by atoms with van der Waals surface area (Å²) in [6, 6.07) is 7.41. The first-order valence-electron chi connectivity index (χ1n) is 8.36. The molecule has 2 aliphatic rings. The molecule has 24 heavy (non-hydrogen) atoms. The van der Waals surface area contributed by atoms with Gasteiger partial charge in [-0.3, -0.25) is 4.79 Å². The maximum Gasteiger partial charge on any atom is 0.346 e. The van der Waals surface area contributed by atoms with E-state index in [-0.39, 0.29) is 5.91 Å². The van der Waals surface area contributed by atoms with Crippen LogP contribution in [-0.2, 0) is 4.79 Å². The van der Waals surface area contributed by atoms with Crippen LogP contribution in [0.3, 0.4) is 0 Å². The van der Waals surface area contributed by atoms with Gasteiger partial charge in [0.25, 0.3) is 5.91 Å². The quantitative estimate of drug-likeness (QED) is 0.658. The molecular formula is C18H20N4O2. The molecule has 1 aliphatic heterocycles. The summed E-state index contributed by atoms with van der Waals surface area (Å²) in [5, 5.41) is 9.04. The van der Waals surface area contributed by atoms with E-state index in [0.717, 1.165) is 34.3 Å². The number of fused-ring (bicyclic) bond motifs is 1. The number of hydrazone groups is 1. The summed E-state index contributed by atoms with van der Waals surface area (Å²) in [6.07, 6.45) is 6.68. The zero-order valence-corrected chi connectivity index (χ0v) is 13.6. The number of carbonyl (C=O) groups is 2. The molecule has 2 heterocycles. The smallest absolute Gasteiger partial charge is 0.346 e. The van der Waals surface area contributed by atoms with E-state index in [9.17, 15) is 9.59 Å². The van der Waals surface area contributed by atoms with Gasteiger partial charge in [0.2, 0.25) is 0 Å². The van der Waals surface area contributed by atoms with Crippen LogP contribution in [0.4, 0.5) is 4.79 Å². The normalized spacial score (nSPS) is 27.5. The first kappa shape index (κ1) is 14.9. The van der Waals surface area contributed by atoms with E-state index in [1.165, 1.54) is 0 Å². The Morgan fingerprint density at radius 1 is 1.25 bits per heavy atom. The predicted molar refractivity (Wildman–Crippen MR) is 91.6 cm³/mol. The largest absolute Gasteiger partial charge is 0.361 e. The number of hydrogen-bond acceptors (Lipinski definition) is 3. The number of carbonyl (C=O) groups excluding carboxylic acids is 2. The van der Waals surface area contributed by atoms with Crippen LogP contribution in [0.25, 0.3) is 10.9 Å². The number of rotatable bonds is 2. The summed E-state index contributed by atoms with van der Waals surface area (Å²) >= 11 is 0. The number of aromatic amines is 1. The van der Waals surface area contributed by atoms with Crippen LogP contribution in [0.5, 0.6) is 0 Å². The van der Waals surface area contributed by atoms with Crippen LogP contribution >= 0.6 is 0 Å². The fourth-order valence-electron chi connectivity index (χ4n) is 3.63. The van der Waals surface area contributed by atoms with Crippen molar-refractivity contribution in [1.29, 1.82) is 0 Å². The molecule has 1 spiro atoms. The highest BCUT2D eigenvalue weighted by molar-refractivity contribution is 6.08. The molecule has 4 rings (SSSR count). The molecule has 3 amide bonds. The molecule has 2 fully saturated rings. The summed E-state index contributed by atoms with van der Waals surface area (Å²) < 4.78 is 0. The molecule has 1 saturated carbocycles. The van der Waals surface area contributed by atoms with E-state index in [4.69, 9.17) is 0 Å². The van der Waals surface area contributed by atoms with Gasteiger partial charge in [-0.05, 0) is 37.7 Å². The second kappa shape index (κ2) is 5.47. The number of benzene rings is 1. The Bertz CT molecular complexity index is 830. The maximum atomic E-state index is 12.7. The van der Waals surface area contributed by atoms with Crippen LogP contribution in [0, 0.1) is 5.92 Å². The highest BCUT2D eigenvalue weighted by Crippen LogP contribution is 2.36. The average Bonchev–Trinajstić information content (AvgIpc) is 3.09. The van der Waals surface area contributed by atoms with Crippen molar-refractivity contribution >= 4 is 29.1 Å². The van der Waals surface area contributed by atoms with E-state index in [1.54, 1.807) is 6.21 Å². The highest BCUT2D eigenvalue weighted by atomic mass is 16.2. The third-order valence-corrected chi connectivity index (χ3v) is 5.20. The number of nitrogens with zero attached hydrogens (tertiary/aromatic N) is 2. The van der Waals surface area contributed by atoms with Gasteiger partial charge in [-0.15, -0.1) is 5.01 Å². The maximum absolute atomic E-state index is 12.7. The minimum absolute atomic E-state index is 0.226. The predicted octanol–water partition coefficient (Wildman–Crippen LogP) is 3.00. The van der Waals surface area contributed by atoms with Gasteiger partial charge >= 0.3 is 6.03 Å². The van der Waals surface area contributed by atoms with Crippen molar-refractivity contribution in [3.63, 3.8) is 0 Å². The van der Waals surface area contributed by atoms with Gasteiger partial charge in [0, 0.05) is 22.7 Å². The molecule has 2 N–H and O–H groups in total. The Morgan fingerprint density at radius 3 is 2.79 bits per heavy atom. The average molecular weight is 324 g/mol. The van der Waals surface area contributed by atoms with Crippen LogP contribution in [0.1, 0.15) is 38.2 Å². The lowest BCUT2D eigenvalue weighted by molar-refractivity contribution is -0.132. The number of para-hydroxylation sites is 1. The molecule has 2 aromatic rings. The molecule has 0 bridgehead atoms. The minimum Gasteiger partial charge on any atom is -0.361 e. The lowest BCUT2D eigenvalue weighted by Gasteiger charge is -2.33. The van der Waals surface area contributed by atoms with E-state index in [1.807, 2.05) is 30.5 Å². The van der Waals surface area contributed by atoms with E-state index in [2.05, 4.69) is 22.3 Å². The van der Waals surface area contributed by atoms with Gasteiger partial charge in [-0.2, -0.15) is 5.10 Å². The van der Waals surface area contributed by atoms with Gasteiger partial charge in [0.1, 0.15) is 5.54 Å². The van der Waals surface area contributed by atoms with Crippen molar-refractivity contribution < 1.29 is 9.59 Å². The standard InChI is InChI=1S/C18H20N4O2/c1-12-6-8-18(9-7-12)16(23)22(17(24)21-18)20-11-13-10-19-15-5-3-2-4-14(13)15/h2-5,10-12,19H,6-9H2,1H3,(H,21,24)/b20-11+. The van der Waals surface area contributed by atoms with Gasteiger partial charge < -0.3 is 10.3 Å². The van der Waals surface area contributed by atoms with Crippen LogP contribution < -0.4 is 5.32 Å². The number of amides is 3. The molecule has 1 aromatic heterocycles. The molecule has 6 nitrogen and oxygen atoms in total. The summed E-state index contributed by atoms with van der Waals surface area (Å²) in [6.45, 7) is 2.18. The Morgan fingerprint density at radius 2 is 2.00 bits per heavy atom. The molecule has 0 atom stereocenters. The van der Waals surface area contributed by atoms with Crippen molar-refractivity contribution in [3.05, 3.63) is 36.0 Å². The number of aromatic nitrogens is 1. The van der Waals surface area contributed by atoms with Crippen molar-refractivity contribution in [3.8, 4) is 0 Å². The van der Waals surface area contributed by atoms with E-state index >= 15 is 0 Å².